The summed E-state index contributed by atoms with van der Waals surface area (Å²) in [7, 11) is 0. The number of halogens is 2. The van der Waals surface area contributed by atoms with Crippen LogP contribution in [0.25, 0.3) is 0 Å². The normalized spacial score (nSPS) is 10.9. The summed E-state index contributed by atoms with van der Waals surface area (Å²) in [5.74, 6) is -0.0282. The summed E-state index contributed by atoms with van der Waals surface area (Å²) in [5, 5.41) is 6.50. The van der Waals surface area contributed by atoms with Crippen molar-refractivity contribution in [1.29, 1.82) is 0 Å². The molecule has 0 unspecified atom stereocenters. The Kier molecular flexibility index (Phi) is 8.70. The molecule has 0 aliphatic heterocycles. The predicted octanol–water partition coefficient (Wildman–Crippen LogP) is 3.08. The zero-order chi connectivity index (χ0) is 18.1. The Bertz CT molecular complexity index is 660. The van der Waals surface area contributed by atoms with Gasteiger partial charge in [0, 0.05) is 16.7 Å². The summed E-state index contributed by atoms with van der Waals surface area (Å²) in [6.07, 6.45) is 1.69. The molecule has 0 aliphatic rings. The highest BCUT2D eigenvalue weighted by molar-refractivity contribution is 9.11. The first-order chi connectivity index (χ1) is 11.3. The number of hydrogen-bond acceptors (Lipinski definition) is 4. The van der Waals surface area contributed by atoms with Crippen molar-refractivity contribution in [2.75, 3.05) is 13.2 Å². The lowest BCUT2D eigenvalue weighted by Crippen LogP contribution is -2.28. The molecule has 0 atom stereocenters. The average molecular weight is 461 g/mol. The van der Waals surface area contributed by atoms with Crippen LogP contribution >= 0.6 is 31.9 Å². The SMILES string of the molecule is C=CCNC(=O)C/C(C)=N\NC(=O)COc1cc(C)c(Br)cc1Br. The summed E-state index contributed by atoms with van der Waals surface area (Å²) in [4.78, 5) is 23.2. The van der Waals surface area contributed by atoms with Gasteiger partial charge in [0.25, 0.3) is 5.91 Å². The Hall–Kier alpha value is -1.67. The molecule has 2 amide bonds. The smallest absolute Gasteiger partial charge is 0.277 e. The van der Waals surface area contributed by atoms with Gasteiger partial charge in [-0.15, -0.1) is 6.58 Å². The van der Waals surface area contributed by atoms with E-state index >= 15 is 0 Å². The van der Waals surface area contributed by atoms with E-state index in [1.807, 2.05) is 19.1 Å². The maximum Gasteiger partial charge on any atom is 0.277 e. The van der Waals surface area contributed by atoms with E-state index in [0.717, 1.165) is 14.5 Å². The quantitative estimate of drug-likeness (QED) is 0.355. The molecule has 0 radical (unpaired) electrons. The molecule has 130 valence electrons. The maximum atomic E-state index is 11.8. The van der Waals surface area contributed by atoms with Crippen molar-refractivity contribution in [2.24, 2.45) is 5.10 Å². The number of aryl methyl sites for hydroxylation is 1. The second-order valence-corrected chi connectivity index (χ2v) is 6.68. The number of carbonyl (C=O) groups excluding carboxylic acids is 2. The number of hydrogen-bond donors (Lipinski definition) is 2. The van der Waals surface area contributed by atoms with Gasteiger partial charge in [-0.1, -0.05) is 22.0 Å². The van der Waals surface area contributed by atoms with E-state index < -0.39 is 5.91 Å². The molecule has 0 saturated heterocycles. The second kappa shape index (κ2) is 10.2. The number of hydrazone groups is 1. The Morgan fingerprint density at radius 2 is 2.00 bits per heavy atom. The first-order valence-corrected chi connectivity index (χ1v) is 8.70. The third-order valence-electron chi connectivity index (χ3n) is 2.80. The van der Waals surface area contributed by atoms with Gasteiger partial charge in [-0.2, -0.15) is 5.10 Å². The van der Waals surface area contributed by atoms with E-state index in [-0.39, 0.29) is 18.9 Å². The molecule has 0 aliphatic carbocycles. The summed E-state index contributed by atoms with van der Waals surface area (Å²) >= 11 is 6.79. The van der Waals surface area contributed by atoms with Gasteiger partial charge in [-0.05, 0) is 47.5 Å². The largest absolute Gasteiger partial charge is 0.483 e. The molecule has 0 fully saturated rings. The van der Waals surface area contributed by atoms with Crippen LogP contribution in [0.15, 0.2) is 38.8 Å². The number of nitrogens with zero attached hydrogens (tertiary/aromatic N) is 1. The second-order valence-electron chi connectivity index (χ2n) is 4.97. The minimum absolute atomic E-state index is 0.104. The van der Waals surface area contributed by atoms with Gasteiger partial charge >= 0.3 is 0 Å². The van der Waals surface area contributed by atoms with E-state index in [0.29, 0.717) is 18.0 Å². The highest BCUT2D eigenvalue weighted by Gasteiger charge is 2.08. The molecular weight excluding hydrogens is 442 g/mol. The highest BCUT2D eigenvalue weighted by Crippen LogP contribution is 2.31. The van der Waals surface area contributed by atoms with Crippen molar-refractivity contribution >= 4 is 49.4 Å². The molecule has 0 spiro atoms. The van der Waals surface area contributed by atoms with Crippen LogP contribution in [0.3, 0.4) is 0 Å². The lowest BCUT2D eigenvalue weighted by molar-refractivity contribution is -0.123. The highest BCUT2D eigenvalue weighted by atomic mass is 79.9. The standard InChI is InChI=1S/C16H19Br2N3O3/c1-4-5-19-15(22)7-11(3)20-21-16(23)9-24-14-6-10(2)12(17)8-13(14)18/h4,6,8H,1,5,7,9H2,2-3H3,(H,19,22)(H,21,23)/b20-11-. The zero-order valence-corrected chi connectivity index (χ0v) is 16.7. The molecule has 1 rings (SSSR count). The van der Waals surface area contributed by atoms with E-state index in [9.17, 15) is 9.59 Å². The van der Waals surface area contributed by atoms with Crippen molar-refractivity contribution < 1.29 is 14.3 Å². The Morgan fingerprint density at radius 1 is 1.29 bits per heavy atom. The Morgan fingerprint density at radius 3 is 2.67 bits per heavy atom. The van der Waals surface area contributed by atoms with Crippen LogP contribution in [0.2, 0.25) is 0 Å². The van der Waals surface area contributed by atoms with E-state index in [2.05, 4.69) is 54.3 Å². The lowest BCUT2D eigenvalue weighted by atomic mass is 10.2. The van der Waals surface area contributed by atoms with Crippen LogP contribution in [0.5, 0.6) is 5.75 Å². The van der Waals surface area contributed by atoms with Crippen molar-refractivity contribution in [2.45, 2.75) is 20.3 Å². The molecule has 0 heterocycles. The molecule has 0 aromatic heterocycles. The van der Waals surface area contributed by atoms with Gasteiger partial charge in [0.2, 0.25) is 5.91 Å². The van der Waals surface area contributed by atoms with Crippen molar-refractivity contribution in [1.82, 2.24) is 10.7 Å². The fourth-order valence-corrected chi connectivity index (χ4v) is 2.70. The molecule has 0 saturated carbocycles. The van der Waals surface area contributed by atoms with E-state index in [1.165, 1.54) is 0 Å². The average Bonchev–Trinajstić information content (AvgIpc) is 2.53. The van der Waals surface area contributed by atoms with Crippen LogP contribution < -0.4 is 15.5 Å². The van der Waals surface area contributed by atoms with Crippen LogP contribution in [0.4, 0.5) is 0 Å². The van der Waals surface area contributed by atoms with Gasteiger partial charge in [0.05, 0.1) is 10.9 Å². The van der Waals surface area contributed by atoms with Crippen LogP contribution in [0, 0.1) is 6.92 Å². The van der Waals surface area contributed by atoms with Crippen molar-refractivity contribution in [3.63, 3.8) is 0 Å². The predicted molar refractivity (Wildman–Crippen MR) is 101 cm³/mol. The first kappa shape index (κ1) is 20.4. The van der Waals surface area contributed by atoms with Gasteiger partial charge in [-0.3, -0.25) is 9.59 Å². The molecule has 2 N–H and O–H groups in total. The summed E-state index contributed by atoms with van der Waals surface area (Å²) < 4.78 is 7.15. The minimum atomic E-state index is -0.409. The zero-order valence-electron chi connectivity index (χ0n) is 13.5. The molecule has 1 aromatic rings. The fraction of sp³-hybridized carbons (Fsp3) is 0.312. The van der Waals surface area contributed by atoms with Gasteiger partial charge in [0.1, 0.15) is 5.75 Å². The molecule has 0 bridgehead atoms. The molecular formula is C16H19Br2N3O3. The number of nitrogens with one attached hydrogen (secondary N) is 2. The number of carbonyl (C=O) groups is 2. The number of ether oxygens (including phenoxy) is 1. The van der Waals surface area contributed by atoms with Gasteiger partial charge < -0.3 is 10.1 Å². The van der Waals surface area contributed by atoms with Crippen LogP contribution in [-0.2, 0) is 9.59 Å². The summed E-state index contributed by atoms with van der Waals surface area (Å²) in [6.45, 7) is 7.31. The monoisotopic (exact) mass is 459 g/mol. The maximum absolute atomic E-state index is 11.8. The lowest BCUT2D eigenvalue weighted by Gasteiger charge is -2.09. The van der Waals surface area contributed by atoms with E-state index in [4.69, 9.17) is 4.74 Å². The fourth-order valence-electron chi connectivity index (χ4n) is 1.60. The van der Waals surface area contributed by atoms with E-state index in [1.54, 1.807) is 13.0 Å². The van der Waals surface area contributed by atoms with Gasteiger partial charge in [0.15, 0.2) is 6.61 Å². The molecule has 1 aromatic carbocycles. The van der Waals surface area contributed by atoms with Gasteiger partial charge in [-0.25, -0.2) is 5.43 Å². The Balaban J connectivity index is 2.46. The number of benzene rings is 1. The van der Waals surface area contributed by atoms with Crippen molar-refractivity contribution in [3.8, 4) is 5.75 Å². The van der Waals surface area contributed by atoms with Crippen LogP contribution in [-0.4, -0.2) is 30.7 Å². The topological polar surface area (TPSA) is 79.8 Å². The summed E-state index contributed by atoms with van der Waals surface area (Å²) in [5.41, 5.74) is 3.84. The minimum Gasteiger partial charge on any atom is -0.483 e. The van der Waals surface area contributed by atoms with Crippen molar-refractivity contribution in [3.05, 3.63) is 39.3 Å². The number of rotatable bonds is 8. The third kappa shape index (κ3) is 7.27. The molecule has 6 nitrogen and oxygen atoms in total. The third-order valence-corrected chi connectivity index (χ3v) is 4.28. The Labute approximate surface area is 158 Å². The number of amides is 2. The first-order valence-electron chi connectivity index (χ1n) is 7.11. The molecule has 8 heteroatoms. The van der Waals surface area contributed by atoms with Crippen LogP contribution in [0.1, 0.15) is 18.9 Å². The summed E-state index contributed by atoms with van der Waals surface area (Å²) in [6, 6.07) is 3.67. The molecule has 24 heavy (non-hydrogen) atoms.